The van der Waals surface area contributed by atoms with Crippen molar-refractivity contribution in [1.29, 1.82) is 0 Å². The topological polar surface area (TPSA) is 105 Å². The normalized spacial score (nSPS) is 19.1. The van der Waals surface area contributed by atoms with Crippen LogP contribution >= 0.6 is 0 Å². The minimum Gasteiger partial charge on any atom is -0.506 e. The fourth-order valence-corrected chi connectivity index (χ4v) is 5.25. The highest BCUT2D eigenvalue weighted by molar-refractivity contribution is 7.89. The summed E-state index contributed by atoms with van der Waals surface area (Å²) in [5.74, 6) is 0.350. The first-order chi connectivity index (χ1) is 13.9. The standard InChI is InChI=1S/C20H22N2O6S/c1-13-4-6-15(17(23)11-13)21-20(24)16-3-2-8-22(16)29(25,26)14-5-7-18-19(12-14)28-10-9-27-18/h4-7,11-12,16,23H,2-3,8-10H2,1H3,(H,21,24)/t16-/m1/s1. The van der Waals surface area contributed by atoms with E-state index in [4.69, 9.17) is 9.47 Å². The molecule has 0 spiro atoms. The zero-order valence-electron chi connectivity index (χ0n) is 15.9. The van der Waals surface area contributed by atoms with Crippen molar-refractivity contribution in [2.24, 2.45) is 0 Å². The Hall–Kier alpha value is -2.78. The number of aromatic hydroxyl groups is 1. The van der Waals surface area contributed by atoms with Crippen LogP contribution < -0.4 is 14.8 Å². The van der Waals surface area contributed by atoms with Crippen LogP contribution in [0.5, 0.6) is 17.2 Å². The van der Waals surface area contributed by atoms with Crippen molar-refractivity contribution in [2.75, 3.05) is 25.1 Å². The Balaban J connectivity index is 1.57. The lowest BCUT2D eigenvalue weighted by Gasteiger charge is -2.25. The lowest BCUT2D eigenvalue weighted by Crippen LogP contribution is -2.43. The SMILES string of the molecule is Cc1ccc(NC(=O)[C@H]2CCCN2S(=O)(=O)c2ccc3c(c2)OCCO3)c(O)c1. The van der Waals surface area contributed by atoms with E-state index in [0.717, 1.165) is 5.56 Å². The van der Waals surface area contributed by atoms with Crippen LogP contribution in [0.1, 0.15) is 18.4 Å². The number of sulfonamides is 1. The van der Waals surface area contributed by atoms with Gasteiger partial charge in [-0.15, -0.1) is 0 Å². The molecular weight excluding hydrogens is 396 g/mol. The fourth-order valence-electron chi connectivity index (χ4n) is 3.57. The maximum atomic E-state index is 13.2. The third-order valence-electron chi connectivity index (χ3n) is 5.04. The van der Waals surface area contributed by atoms with Crippen LogP contribution in [0.4, 0.5) is 5.69 Å². The van der Waals surface area contributed by atoms with Crippen molar-refractivity contribution in [3.63, 3.8) is 0 Å². The van der Waals surface area contributed by atoms with Crippen LogP contribution in [0.15, 0.2) is 41.3 Å². The van der Waals surface area contributed by atoms with E-state index < -0.39 is 22.0 Å². The van der Waals surface area contributed by atoms with E-state index in [9.17, 15) is 18.3 Å². The van der Waals surface area contributed by atoms with Gasteiger partial charge in [-0.2, -0.15) is 4.31 Å². The number of carbonyl (C=O) groups excluding carboxylic acids is 1. The van der Waals surface area contributed by atoms with Crippen molar-refractivity contribution in [1.82, 2.24) is 4.31 Å². The number of carbonyl (C=O) groups is 1. The highest BCUT2D eigenvalue weighted by atomic mass is 32.2. The average molecular weight is 418 g/mol. The maximum Gasteiger partial charge on any atom is 0.243 e. The number of hydrogen-bond acceptors (Lipinski definition) is 6. The van der Waals surface area contributed by atoms with Crippen molar-refractivity contribution in [3.8, 4) is 17.2 Å². The lowest BCUT2D eigenvalue weighted by molar-refractivity contribution is -0.119. The Morgan fingerprint density at radius 1 is 1.14 bits per heavy atom. The largest absolute Gasteiger partial charge is 0.506 e. The van der Waals surface area contributed by atoms with Crippen molar-refractivity contribution in [2.45, 2.75) is 30.7 Å². The van der Waals surface area contributed by atoms with Gasteiger partial charge in [0.25, 0.3) is 0 Å². The van der Waals surface area contributed by atoms with Crippen LogP contribution in [-0.4, -0.2) is 49.5 Å². The summed E-state index contributed by atoms with van der Waals surface area (Å²) in [6, 6.07) is 8.49. The van der Waals surface area contributed by atoms with E-state index in [1.54, 1.807) is 18.2 Å². The molecule has 2 aromatic rings. The van der Waals surface area contributed by atoms with Gasteiger partial charge in [-0.1, -0.05) is 6.07 Å². The summed E-state index contributed by atoms with van der Waals surface area (Å²) in [6.45, 7) is 2.84. The van der Waals surface area contributed by atoms with E-state index >= 15 is 0 Å². The number of anilines is 1. The van der Waals surface area contributed by atoms with Crippen LogP contribution in [0.3, 0.4) is 0 Å². The molecule has 2 heterocycles. The molecule has 154 valence electrons. The molecular formula is C20H22N2O6S. The number of nitrogens with zero attached hydrogens (tertiary/aromatic N) is 1. The summed E-state index contributed by atoms with van der Waals surface area (Å²) in [7, 11) is -3.90. The third kappa shape index (κ3) is 3.75. The van der Waals surface area contributed by atoms with Gasteiger partial charge in [-0.3, -0.25) is 4.79 Å². The molecule has 2 aliphatic heterocycles. The molecule has 0 saturated carbocycles. The van der Waals surface area contributed by atoms with Crippen LogP contribution in [0.25, 0.3) is 0 Å². The molecule has 1 atom stereocenters. The molecule has 2 aliphatic rings. The fraction of sp³-hybridized carbons (Fsp3) is 0.350. The predicted octanol–water partition coefficient (Wildman–Crippen LogP) is 2.26. The molecule has 4 rings (SSSR count). The van der Waals surface area contributed by atoms with Gasteiger partial charge in [-0.25, -0.2) is 8.42 Å². The molecule has 1 amide bonds. The number of fused-ring (bicyclic) bond motifs is 1. The molecule has 1 saturated heterocycles. The van der Waals surface area contributed by atoms with E-state index in [-0.39, 0.29) is 22.9 Å². The van der Waals surface area contributed by atoms with Gasteiger partial charge in [0.1, 0.15) is 25.0 Å². The van der Waals surface area contributed by atoms with Crippen LogP contribution in [0.2, 0.25) is 0 Å². The number of phenols is 1. The van der Waals surface area contributed by atoms with Gasteiger partial charge >= 0.3 is 0 Å². The predicted molar refractivity (Wildman–Crippen MR) is 106 cm³/mol. The molecule has 0 aromatic heterocycles. The van der Waals surface area contributed by atoms with Crippen molar-refractivity contribution < 1.29 is 27.8 Å². The Labute approximate surface area is 169 Å². The molecule has 0 aliphatic carbocycles. The number of phenolic OH excluding ortho intramolecular Hbond substituents is 1. The van der Waals surface area contributed by atoms with Crippen molar-refractivity contribution >= 4 is 21.6 Å². The monoisotopic (exact) mass is 418 g/mol. The molecule has 0 radical (unpaired) electrons. The average Bonchev–Trinajstić information content (AvgIpc) is 3.20. The number of aryl methyl sites for hydroxylation is 1. The molecule has 2 N–H and O–H groups in total. The highest BCUT2D eigenvalue weighted by Gasteiger charge is 2.40. The summed E-state index contributed by atoms with van der Waals surface area (Å²) < 4.78 is 38.5. The Morgan fingerprint density at radius 2 is 1.90 bits per heavy atom. The first-order valence-electron chi connectivity index (χ1n) is 9.38. The quantitative estimate of drug-likeness (QED) is 0.738. The first-order valence-corrected chi connectivity index (χ1v) is 10.8. The number of amides is 1. The van der Waals surface area contributed by atoms with Gasteiger partial charge in [0.2, 0.25) is 15.9 Å². The maximum absolute atomic E-state index is 13.2. The summed E-state index contributed by atoms with van der Waals surface area (Å²) in [6.07, 6.45) is 0.976. The van der Waals surface area contributed by atoms with Gasteiger partial charge in [0, 0.05) is 12.6 Å². The minimum absolute atomic E-state index is 0.0552. The summed E-state index contributed by atoms with van der Waals surface area (Å²) in [4.78, 5) is 12.9. The van der Waals surface area contributed by atoms with Gasteiger partial charge in [-0.05, 0) is 49.6 Å². The molecule has 8 nitrogen and oxygen atoms in total. The second kappa shape index (κ2) is 7.57. The zero-order valence-corrected chi connectivity index (χ0v) is 16.7. The highest BCUT2D eigenvalue weighted by Crippen LogP contribution is 2.35. The summed E-state index contributed by atoms with van der Waals surface area (Å²) >= 11 is 0. The Morgan fingerprint density at radius 3 is 2.66 bits per heavy atom. The van der Waals surface area contributed by atoms with E-state index in [1.165, 1.54) is 22.5 Å². The second-order valence-corrected chi connectivity index (χ2v) is 8.98. The Kier molecular flexibility index (Phi) is 5.10. The number of rotatable bonds is 4. The molecule has 0 unspecified atom stereocenters. The number of benzene rings is 2. The van der Waals surface area contributed by atoms with E-state index in [0.29, 0.717) is 37.6 Å². The molecule has 2 aromatic carbocycles. The third-order valence-corrected chi connectivity index (χ3v) is 6.94. The van der Waals surface area contributed by atoms with Crippen LogP contribution in [0, 0.1) is 6.92 Å². The molecule has 29 heavy (non-hydrogen) atoms. The molecule has 0 bridgehead atoms. The smallest absolute Gasteiger partial charge is 0.243 e. The van der Waals surface area contributed by atoms with E-state index in [1.807, 2.05) is 6.92 Å². The lowest BCUT2D eigenvalue weighted by atomic mass is 10.2. The molecule has 9 heteroatoms. The summed E-state index contributed by atoms with van der Waals surface area (Å²) in [5, 5.41) is 12.7. The van der Waals surface area contributed by atoms with Gasteiger partial charge < -0.3 is 19.9 Å². The molecule has 1 fully saturated rings. The van der Waals surface area contributed by atoms with Gasteiger partial charge in [0.05, 0.1) is 10.6 Å². The van der Waals surface area contributed by atoms with E-state index in [2.05, 4.69) is 5.32 Å². The Bertz CT molecular complexity index is 1050. The second-order valence-electron chi connectivity index (χ2n) is 7.09. The summed E-state index contributed by atoms with van der Waals surface area (Å²) in [5.41, 5.74) is 1.10. The van der Waals surface area contributed by atoms with Crippen LogP contribution in [-0.2, 0) is 14.8 Å². The van der Waals surface area contributed by atoms with Gasteiger partial charge in [0.15, 0.2) is 11.5 Å². The first kappa shape index (κ1) is 19.5. The number of hydrogen-bond donors (Lipinski definition) is 2. The minimum atomic E-state index is -3.90. The van der Waals surface area contributed by atoms with Crippen molar-refractivity contribution in [3.05, 3.63) is 42.0 Å². The number of ether oxygens (including phenoxy) is 2. The number of nitrogens with one attached hydrogen (secondary N) is 1. The zero-order chi connectivity index (χ0) is 20.6.